The van der Waals surface area contributed by atoms with Crippen LogP contribution in [0.1, 0.15) is 30.9 Å². The van der Waals surface area contributed by atoms with E-state index in [-0.39, 0.29) is 32.2 Å². The first-order chi connectivity index (χ1) is 16.5. The molecule has 1 atom stereocenters. The van der Waals surface area contributed by atoms with Gasteiger partial charge < -0.3 is 31.0 Å². The van der Waals surface area contributed by atoms with Crippen LogP contribution in [-0.4, -0.2) is 43.5 Å². The van der Waals surface area contributed by atoms with Crippen molar-refractivity contribution in [2.45, 2.75) is 38.8 Å². The summed E-state index contributed by atoms with van der Waals surface area (Å²) in [7, 11) is 0. The zero-order valence-electron chi connectivity index (χ0n) is 19.2. The second-order valence-corrected chi connectivity index (χ2v) is 7.16. The molecule has 2 aromatic carbocycles. The largest absolute Gasteiger partial charge is 0.493 e. The Balaban J connectivity index is 1.84. The minimum atomic E-state index is -0.891. The van der Waals surface area contributed by atoms with Gasteiger partial charge in [-0.25, -0.2) is 9.59 Å². The smallest absolute Gasteiger partial charge is 0.408 e. The van der Waals surface area contributed by atoms with E-state index in [1.807, 2.05) is 54.6 Å². The van der Waals surface area contributed by atoms with Crippen LogP contribution in [0.2, 0.25) is 0 Å². The molecule has 0 aliphatic rings. The van der Waals surface area contributed by atoms with E-state index in [4.69, 9.17) is 25.7 Å². The number of hydrogen-bond acceptors (Lipinski definition) is 7. The number of esters is 1. The molecule has 182 valence electrons. The van der Waals surface area contributed by atoms with Crippen LogP contribution in [0.3, 0.4) is 0 Å². The summed E-state index contributed by atoms with van der Waals surface area (Å²) in [6, 6.07) is 15.9. The zero-order valence-corrected chi connectivity index (χ0v) is 19.2. The quantitative estimate of drug-likeness (QED) is 0.176. The van der Waals surface area contributed by atoms with Crippen LogP contribution in [0.5, 0.6) is 5.75 Å². The highest BCUT2D eigenvalue weighted by atomic mass is 16.6. The standard InChI is InChI=1S/C24H31N5O5/c1-2-32-22(30)21(28-24(31)34-17-19-8-4-3-5-9-19)13-15-33-20-12-6-10-18(16-20)11-7-14-27-29-23(25)26/h3-6,8-10,12,14,16,21H,2,7,11,13,15,17H2,1H3,(H,28,31)(H4,25,26,29)/b27-14+. The number of benzene rings is 2. The van der Waals surface area contributed by atoms with E-state index < -0.39 is 18.1 Å². The summed E-state index contributed by atoms with van der Waals surface area (Å²) in [5.74, 6) is 0.0104. The molecule has 10 nitrogen and oxygen atoms in total. The van der Waals surface area contributed by atoms with E-state index in [0.717, 1.165) is 17.5 Å². The van der Waals surface area contributed by atoms with Gasteiger partial charge in [-0.2, -0.15) is 5.10 Å². The molecule has 0 bridgehead atoms. The Bertz CT molecular complexity index is 961. The number of alkyl carbamates (subject to hydrolysis) is 1. The first kappa shape index (κ1) is 26.2. The van der Waals surface area contributed by atoms with Crippen LogP contribution < -0.4 is 21.5 Å². The van der Waals surface area contributed by atoms with Gasteiger partial charge in [-0.3, -0.25) is 0 Å². The van der Waals surface area contributed by atoms with E-state index in [0.29, 0.717) is 12.2 Å². The van der Waals surface area contributed by atoms with Crippen molar-refractivity contribution in [1.29, 1.82) is 0 Å². The second-order valence-electron chi connectivity index (χ2n) is 7.16. The number of ether oxygens (including phenoxy) is 3. The van der Waals surface area contributed by atoms with E-state index >= 15 is 0 Å². The maximum atomic E-state index is 12.3. The van der Waals surface area contributed by atoms with Gasteiger partial charge in [0, 0.05) is 12.6 Å². The molecule has 2 rings (SSSR count). The molecule has 10 heteroatoms. The summed E-state index contributed by atoms with van der Waals surface area (Å²) in [6.07, 6.45) is 2.52. The number of rotatable bonds is 13. The molecule has 0 fully saturated rings. The van der Waals surface area contributed by atoms with Gasteiger partial charge in [0.2, 0.25) is 5.96 Å². The SMILES string of the molecule is CCOC(=O)C(CCOc1cccc(CC/C=N/N=C(N)N)c1)NC(=O)OCc1ccccc1. The average molecular weight is 470 g/mol. The Kier molecular flexibility index (Phi) is 11.5. The van der Waals surface area contributed by atoms with Gasteiger partial charge in [-0.15, -0.1) is 5.10 Å². The number of aryl methyl sites for hydroxylation is 1. The van der Waals surface area contributed by atoms with Crippen molar-refractivity contribution in [2.24, 2.45) is 21.7 Å². The van der Waals surface area contributed by atoms with Crippen molar-refractivity contribution in [3.8, 4) is 5.75 Å². The summed E-state index contributed by atoms with van der Waals surface area (Å²) in [5, 5.41) is 9.86. The van der Waals surface area contributed by atoms with Crippen LogP contribution in [-0.2, 0) is 27.3 Å². The van der Waals surface area contributed by atoms with E-state index in [1.165, 1.54) is 0 Å². The Morgan fingerprint density at radius 3 is 2.56 bits per heavy atom. The predicted molar refractivity (Wildman–Crippen MR) is 129 cm³/mol. The zero-order chi connectivity index (χ0) is 24.6. The molecule has 0 saturated carbocycles. The van der Waals surface area contributed by atoms with Gasteiger partial charge in [0.15, 0.2) is 0 Å². The molecule has 0 heterocycles. The van der Waals surface area contributed by atoms with Crippen molar-refractivity contribution in [3.63, 3.8) is 0 Å². The number of nitrogens with one attached hydrogen (secondary N) is 1. The summed E-state index contributed by atoms with van der Waals surface area (Å²) >= 11 is 0. The molecule has 0 spiro atoms. The highest BCUT2D eigenvalue weighted by Crippen LogP contribution is 2.15. The first-order valence-corrected chi connectivity index (χ1v) is 10.9. The molecule has 0 saturated heterocycles. The fourth-order valence-electron chi connectivity index (χ4n) is 2.88. The summed E-state index contributed by atoms with van der Waals surface area (Å²) in [4.78, 5) is 24.5. The highest BCUT2D eigenvalue weighted by molar-refractivity contribution is 5.81. The molecule has 0 aliphatic heterocycles. The molecule has 1 amide bonds. The van der Waals surface area contributed by atoms with Gasteiger partial charge in [0.05, 0.1) is 13.2 Å². The first-order valence-electron chi connectivity index (χ1n) is 10.9. The van der Waals surface area contributed by atoms with Crippen molar-refractivity contribution < 1.29 is 23.8 Å². The molecule has 2 aromatic rings. The lowest BCUT2D eigenvalue weighted by Gasteiger charge is -2.17. The summed E-state index contributed by atoms with van der Waals surface area (Å²) in [6.45, 7) is 2.19. The molecule has 0 radical (unpaired) electrons. The van der Waals surface area contributed by atoms with E-state index in [9.17, 15) is 9.59 Å². The third-order valence-corrected chi connectivity index (χ3v) is 4.47. The van der Waals surface area contributed by atoms with E-state index in [1.54, 1.807) is 13.1 Å². The number of hydrogen-bond donors (Lipinski definition) is 3. The third-order valence-electron chi connectivity index (χ3n) is 4.47. The number of nitrogens with two attached hydrogens (primary N) is 2. The van der Waals surface area contributed by atoms with Crippen molar-refractivity contribution >= 4 is 24.2 Å². The number of guanidine groups is 1. The van der Waals surface area contributed by atoms with Crippen LogP contribution >= 0.6 is 0 Å². The second kappa shape index (κ2) is 14.9. The average Bonchev–Trinajstić information content (AvgIpc) is 2.83. The Hall–Kier alpha value is -4.08. The number of nitrogens with zero attached hydrogens (tertiary/aromatic N) is 2. The Morgan fingerprint density at radius 2 is 1.82 bits per heavy atom. The number of carbonyl (C=O) groups excluding carboxylic acids is 2. The molecule has 5 N–H and O–H groups in total. The summed E-state index contributed by atoms with van der Waals surface area (Å²) in [5.41, 5.74) is 12.3. The number of amides is 1. The Labute approximate surface area is 199 Å². The predicted octanol–water partition coefficient (Wildman–Crippen LogP) is 2.51. The molecular weight excluding hydrogens is 438 g/mol. The van der Waals surface area contributed by atoms with E-state index in [2.05, 4.69) is 15.5 Å². The van der Waals surface area contributed by atoms with Gasteiger partial charge in [0.25, 0.3) is 0 Å². The van der Waals surface area contributed by atoms with Crippen LogP contribution in [0, 0.1) is 0 Å². The topological polar surface area (TPSA) is 151 Å². The molecular formula is C24H31N5O5. The molecule has 0 aromatic heterocycles. The minimum absolute atomic E-state index is 0.0910. The fraction of sp³-hybridized carbons (Fsp3) is 0.333. The minimum Gasteiger partial charge on any atom is -0.493 e. The fourth-order valence-corrected chi connectivity index (χ4v) is 2.88. The molecule has 1 unspecified atom stereocenters. The monoisotopic (exact) mass is 469 g/mol. The lowest BCUT2D eigenvalue weighted by atomic mass is 10.1. The van der Waals surface area contributed by atoms with Gasteiger partial charge in [-0.1, -0.05) is 42.5 Å². The maximum absolute atomic E-state index is 12.3. The molecule has 0 aliphatic carbocycles. The highest BCUT2D eigenvalue weighted by Gasteiger charge is 2.23. The van der Waals surface area contributed by atoms with Crippen molar-refractivity contribution in [1.82, 2.24) is 5.32 Å². The molecule has 34 heavy (non-hydrogen) atoms. The number of carbonyl (C=O) groups is 2. The summed E-state index contributed by atoms with van der Waals surface area (Å²) < 4.78 is 16.1. The Morgan fingerprint density at radius 1 is 1.06 bits per heavy atom. The normalized spacial score (nSPS) is 11.4. The van der Waals surface area contributed by atoms with Gasteiger partial charge in [0.1, 0.15) is 18.4 Å². The maximum Gasteiger partial charge on any atom is 0.408 e. The van der Waals surface area contributed by atoms with Crippen LogP contribution in [0.25, 0.3) is 0 Å². The van der Waals surface area contributed by atoms with Gasteiger partial charge >= 0.3 is 12.1 Å². The van der Waals surface area contributed by atoms with Crippen molar-refractivity contribution in [3.05, 3.63) is 65.7 Å². The third kappa shape index (κ3) is 10.5. The van der Waals surface area contributed by atoms with Crippen LogP contribution in [0.4, 0.5) is 4.79 Å². The van der Waals surface area contributed by atoms with Crippen LogP contribution in [0.15, 0.2) is 64.8 Å². The van der Waals surface area contributed by atoms with Gasteiger partial charge in [-0.05, 0) is 43.0 Å². The van der Waals surface area contributed by atoms with Crippen molar-refractivity contribution in [2.75, 3.05) is 13.2 Å². The lowest BCUT2D eigenvalue weighted by molar-refractivity contribution is -0.145. The lowest BCUT2D eigenvalue weighted by Crippen LogP contribution is -2.43.